The third kappa shape index (κ3) is 2.79. The van der Waals surface area contributed by atoms with Crippen molar-refractivity contribution >= 4 is 33.6 Å². The summed E-state index contributed by atoms with van der Waals surface area (Å²) >= 11 is 4.92. The van der Waals surface area contributed by atoms with Crippen molar-refractivity contribution in [3.05, 3.63) is 16.5 Å². The second kappa shape index (κ2) is 6.06. The fourth-order valence-electron chi connectivity index (χ4n) is 2.11. The number of aryl methyl sites for hydroxylation is 1. The smallest absolute Gasteiger partial charge is 0.238 e. The summed E-state index contributed by atoms with van der Waals surface area (Å²) < 4.78 is 2.99. The molecule has 7 nitrogen and oxygen atoms in total. The van der Waals surface area contributed by atoms with E-state index in [1.807, 2.05) is 0 Å². The number of hydrazine groups is 1. The number of hydrogen-bond acceptors (Lipinski definition) is 7. The van der Waals surface area contributed by atoms with Crippen LogP contribution in [0.3, 0.4) is 0 Å². The van der Waals surface area contributed by atoms with Gasteiger partial charge in [0.25, 0.3) is 0 Å². The fraction of sp³-hybridized carbons (Fsp3) is 0.455. The Morgan fingerprint density at radius 3 is 3.05 bits per heavy atom. The topological polar surface area (TPSA) is 94.5 Å². The Balaban J connectivity index is 1.90. The molecular formula is C11H14BrN7S. The van der Waals surface area contributed by atoms with Gasteiger partial charge < -0.3 is 4.57 Å². The third-order valence-electron chi connectivity index (χ3n) is 3.10. The zero-order chi connectivity index (χ0) is 13.9. The summed E-state index contributed by atoms with van der Waals surface area (Å²) in [6, 6.07) is 0. The first-order valence-electron chi connectivity index (χ1n) is 6.37. The number of aromatic nitrogens is 5. The number of nitrogens with one attached hydrogen (secondary N) is 1. The predicted molar refractivity (Wildman–Crippen MR) is 79.2 cm³/mol. The lowest BCUT2D eigenvalue weighted by Crippen LogP contribution is -2.10. The van der Waals surface area contributed by atoms with E-state index in [1.54, 1.807) is 6.20 Å². The van der Waals surface area contributed by atoms with Crippen LogP contribution in [0, 0.1) is 0 Å². The zero-order valence-electron chi connectivity index (χ0n) is 10.7. The summed E-state index contributed by atoms with van der Waals surface area (Å²) in [7, 11) is 0. The van der Waals surface area contributed by atoms with Crippen molar-refractivity contribution in [1.82, 2.24) is 24.7 Å². The van der Waals surface area contributed by atoms with Crippen molar-refractivity contribution in [2.24, 2.45) is 5.84 Å². The molecule has 1 aliphatic rings. The van der Waals surface area contributed by atoms with Crippen molar-refractivity contribution in [1.29, 1.82) is 0 Å². The molecule has 0 unspecified atom stereocenters. The van der Waals surface area contributed by atoms with Crippen LogP contribution in [0.15, 0.2) is 20.9 Å². The lowest BCUT2D eigenvalue weighted by atomic mass is 10.2. The summed E-state index contributed by atoms with van der Waals surface area (Å²) in [5.41, 5.74) is 2.45. The molecule has 2 aromatic rings. The number of halogens is 1. The highest BCUT2D eigenvalue weighted by atomic mass is 79.9. The molecule has 3 N–H and O–H groups in total. The number of nitrogens with two attached hydrogens (primary N) is 1. The second-order valence-corrected chi connectivity index (χ2v) is 6.26. The minimum atomic E-state index is 0.381. The van der Waals surface area contributed by atoms with Crippen LogP contribution in [0.25, 0.3) is 0 Å². The number of rotatable bonds is 3. The van der Waals surface area contributed by atoms with E-state index in [-0.39, 0.29) is 0 Å². The van der Waals surface area contributed by atoms with Crippen LogP contribution < -0.4 is 11.3 Å². The molecule has 9 heteroatoms. The van der Waals surface area contributed by atoms with Crippen LogP contribution in [0.2, 0.25) is 0 Å². The van der Waals surface area contributed by atoms with Gasteiger partial charge >= 0.3 is 0 Å². The maximum Gasteiger partial charge on any atom is 0.238 e. The highest BCUT2D eigenvalue weighted by Gasteiger charge is 2.17. The molecule has 0 bridgehead atoms. The fourth-order valence-corrected chi connectivity index (χ4v) is 3.39. The summed E-state index contributed by atoms with van der Waals surface area (Å²) in [4.78, 5) is 8.36. The molecule has 20 heavy (non-hydrogen) atoms. The maximum absolute atomic E-state index is 5.34. The Hall–Kier alpha value is -1.19. The van der Waals surface area contributed by atoms with Gasteiger partial charge in [0.15, 0.2) is 5.16 Å². The minimum absolute atomic E-state index is 0.381. The average molecular weight is 356 g/mol. The van der Waals surface area contributed by atoms with E-state index in [9.17, 15) is 0 Å². The first-order valence-corrected chi connectivity index (χ1v) is 7.98. The van der Waals surface area contributed by atoms with E-state index in [0.29, 0.717) is 5.95 Å². The molecule has 0 amide bonds. The number of anilines is 1. The average Bonchev–Trinajstić information content (AvgIpc) is 2.70. The summed E-state index contributed by atoms with van der Waals surface area (Å²) in [5, 5.41) is 10.2. The number of hydrogen-bond donors (Lipinski definition) is 2. The Kier molecular flexibility index (Phi) is 4.18. The molecule has 3 rings (SSSR count). The Morgan fingerprint density at radius 2 is 2.20 bits per heavy atom. The Labute approximate surface area is 128 Å². The molecule has 0 atom stereocenters. The van der Waals surface area contributed by atoms with E-state index in [2.05, 4.69) is 46.1 Å². The van der Waals surface area contributed by atoms with Gasteiger partial charge in [-0.25, -0.2) is 15.8 Å². The molecule has 1 aliphatic heterocycles. The maximum atomic E-state index is 5.34. The first-order chi connectivity index (χ1) is 9.78. The number of nitrogen functional groups attached to an aromatic ring is 1. The van der Waals surface area contributed by atoms with E-state index in [4.69, 9.17) is 5.84 Å². The van der Waals surface area contributed by atoms with E-state index < -0.39 is 0 Å². The van der Waals surface area contributed by atoms with Gasteiger partial charge in [-0.1, -0.05) is 6.42 Å². The largest absolute Gasteiger partial charge is 0.306 e. The van der Waals surface area contributed by atoms with Gasteiger partial charge in [-0.15, -0.1) is 10.2 Å². The van der Waals surface area contributed by atoms with Gasteiger partial charge in [0.1, 0.15) is 10.9 Å². The summed E-state index contributed by atoms with van der Waals surface area (Å²) in [6.07, 6.45) is 6.25. The highest BCUT2D eigenvalue weighted by Crippen LogP contribution is 2.32. The molecule has 0 aromatic carbocycles. The van der Waals surface area contributed by atoms with Crippen LogP contribution in [0.4, 0.5) is 5.95 Å². The lowest BCUT2D eigenvalue weighted by molar-refractivity contribution is 0.590. The van der Waals surface area contributed by atoms with Crippen LogP contribution in [0.1, 0.15) is 25.1 Å². The highest BCUT2D eigenvalue weighted by molar-refractivity contribution is 9.10. The predicted octanol–water partition coefficient (Wildman–Crippen LogP) is 1.99. The van der Waals surface area contributed by atoms with Crippen molar-refractivity contribution in [2.45, 2.75) is 42.4 Å². The molecule has 0 fully saturated rings. The van der Waals surface area contributed by atoms with Gasteiger partial charge in [-0.05, 0) is 40.5 Å². The van der Waals surface area contributed by atoms with E-state index in [1.165, 1.54) is 31.0 Å². The second-order valence-electron chi connectivity index (χ2n) is 4.45. The lowest BCUT2D eigenvalue weighted by Gasteiger charge is -2.07. The van der Waals surface area contributed by atoms with Crippen LogP contribution in [-0.2, 0) is 13.0 Å². The standard InChI is InChI=1S/C11H14BrN7S/c12-7-6-14-10(16-13)15-9(7)20-11-18-17-8-4-2-1-3-5-19(8)11/h6H,1-5,13H2,(H,14,15,16). The molecule has 106 valence electrons. The molecule has 0 radical (unpaired) electrons. The normalized spacial score (nSPS) is 14.7. The molecule has 0 saturated carbocycles. The van der Waals surface area contributed by atoms with Crippen LogP contribution in [0.5, 0.6) is 0 Å². The SMILES string of the molecule is NNc1ncc(Br)c(Sc2nnc3n2CCCCC3)n1. The van der Waals surface area contributed by atoms with Crippen molar-refractivity contribution in [3.63, 3.8) is 0 Å². The van der Waals surface area contributed by atoms with Gasteiger partial charge in [0.05, 0.1) is 4.47 Å². The molecular weight excluding hydrogens is 342 g/mol. The molecule has 0 saturated heterocycles. The number of fused-ring (bicyclic) bond motifs is 1. The Morgan fingerprint density at radius 1 is 1.30 bits per heavy atom. The number of nitrogens with zero attached hydrogens (tertiary/aromatic N) is 5. The van der Waals surface area contributed by atoms with Gasteiger partial charge in [0.2, 0.25) is 5.95 Å². The molecule has 0 spiro atoms. The monoisotopic (exact) mass is 355 g/mol. The van der Waals surface area contributed by atoms with E-state index >= 15 is 0 Å². The molecule has 3 heterocycles. The van der Waals surface area contributed by atoms with Gasteiger partial charge in [-0.3, -0.25) is 5.43 Å². The van der Waals surface area contributed by atoms with Gasteiger partial charge in [0, 0.05) is 19.2 Å². The quantitative estimate of drug-likeness (QED) is 0.493. The van der Waals surface area contributed by atoms with Crippen LogP contribution >= 0.6 is 27.7 Å². The summed E-state index contributed by atoms with van der Waals surface area (Å²) in [6.45, 7) is 0.968. The third-order valence-corrected chi connectivity index (χ3v) is 4.94. The van der Waals surface area contributed by atoms with Gasteiger partial charge in [-0.2, -0.15) is 0 Å². The summed E-state index contributed by atoms with van der Waals surface area (Å²) in [5.74, 6) is 6.78. The van der Waals surface area contributed by atoms with E-state index in [0.717, 1.165) is 33.4 Å². The minimum Gasteiger partial charge on any atom is -0.306 e. The zero-order valence-corrected chi connectivity index (χ0v) is 13.1. The molecule has 0 aliphatic carbocycles. The van der Waals surface area contributed by atoms with Crippen molar-refractivity contribution in [3.8, 4) is 0 Å². The molecule has 2 aromatic heterocycles. The van der Waals surface area contributed by atoms with Crippen LogP contribution in [-0.4, -0.2) is 24.7 Å². The Bertz CT molecular complexity index is 615. The van der Waals surface area contributed by atoms with Crippen molar-refractivity contribution < 1.29 is 0 Å². The van der Waals surface area contributed by atoms with Crippen molar-refractivity contribution in [2.75, 3.05) is 5.43 Å². The first kappa shape index (κ1) is 13.8.